The lowest BCUT2D eigenvalue weighted by Gasteiger charge is -2.42. The number of thioether (sulfide) groups is 1. The minimum atomic E-state index is -2.10. The van der Waals surface area contributed by atoms with Crippen LogP contribution in [0.4, 0.5) is 5.69 Å². The summed E-state index contributed by atoms with van der Waals surface area (Å²) in [4.78, 5) is 6.64. The Labute approximate surface area is 181 Å². The van der Waals surface area contributed by atoms with Crippen LogP contribution in [0.25, 0.3) is 0 Å². The molecule has 2 atom stereocenters. The number of rotatable bonds is 4. The van der Waals surface area contributed by atoms with Crippen LogP contribution in [-0.2, 0) is 58.9 Å². The molecule has 0 N–H and O–H groups in total. The average molecular weight is 486 g/mol. The molecule has 0 spiro atoms. The van der Waals surface area contributed by atoms with E-state index in [1.54, 1.807) is 11.8 Å². The van der Waals surface area contributed by atoms with E-state index in [2.05, 4.69) is 23.2 Å². The van der Waals surface area contributed by atoms with Crippen LogP contribution >= 0.6 is 23.4 Å². The van der Waals surface area contributed by atoms with Crippen molar-refractivity contribution in [1.82, 2.24) is 0 Å². The number of hydrogen-bond donors (Lipinski definition) is 1. The third-order valence-corrected chi connectivity index (χ3v) is 15.7. The molecule has 0 aromatic heterocycles. The molecule has 0 bridgehead atoms. The molecule has 0 aliphatic carbocycles. The maximum atomic E-state index is 5.50. The van der Waals surface area contributed by atoms with Gasteiger partial charge in [-0.3, -0.25) is 22.4 Å². The molecular formula is C15H21N2S8-. The summed E-state index contributed by atoms with van der Waals surface area (Å²) in [5.74, 6) is 0. The number of amidine groups is 1. The summed E-state index contributed by atoms with van der Waals surface area (Å²) in [5, 5.41) is 0.708. The van der Waals surface area contributed by atoms with Crippen molar-refractivity contribution in [3.8, 4) is 0 Å². The number of nitrogens with zero attached hydrogens (tertiary/aromatic N) is 2. The molecule has 140 valence electrons. The van der Waals surface area contributed by atoms with Crippen molar-refractivity contribution in [2.75, 3.05) is 11.9 Å². The minimum Gasteiger partial charge on any atom is -0.329 e. The molecule has 2 nitrogen and oxygen atoms in total. The lowest BCUT2D eigenvalue weighted by molar-refractivity contribution is 0.896. The van der Waals surface area contributed by atoms with Gasteiger partial charge in [0.05, 0.1) is 5.25 Å². The molecule has 1 unspecified atom stereocenters. The highest BCUT2D eigenvalue weighted by atomic mass is 33.5. The number of aliphatic imine (C=N–C) groups is 1. The van der Waals surface area contributed by atoms with Gasteiger partial charge >= 0.3 is 0 Å². The number of para-hydroxylation sites is 1. The van der Waals surface area contributed by atoms with Crippen LogP contribution in [0.2, 0.25) is 0 Å². The van der Waals surface area contributed by atoms with Gasteiger partial charge in [0.15, 0.2) is 5.17 Å². The van der Waals surface area contributed by atoms with Gasteiger partial charge in [0.25, 0.3) is 0 Å². The normalized spacial score (nSPS) is 19.7. The third-order valence-electron chi connectivity index (χ3n) is 3.51. The molecular weight excluding hydrogens is 465 g/mol. The van der Waals surface area contributed by atoms with Crippen LogP contribution in [0, 0.1) is 0 Å². The summed E-state index contributed by atoms with van der Waals surface area (Å²) in [6.07, 6.45) is -2.10. The summed E-state index contributed by atoms with van der Waals surface area (Å²) >= 11 is 27.9. The summed E-state index contributed by atoms with van der Waals surface area (Å²) in [6.45, 7) is 10.0. The van der Waals surface area contributed by atoms with E-state index in [1.165, 1.54) is 0 Å². The van der Waals surface area contributed by atoms with E-state index in [0.717, 1.165) is 10.9 Å². The molecule has 1 heterocycles. The van der Waals surface area contributed by atoms with Crippen molar-refractivity contribution in [2.45, 2.75) is 30.1 Å². The molecule has 0 amide bonds. The fourth-order valence-electron chi connectivity index (χ4n) is 2.02. The Morgan fingerprint density at radius 1 is 1.28 bits per heavy atom. The first kappa shape index (κ1) is 23.7. The molecule has 25 heavy (non-hydrogen) atoms. The zero-order chi connectivity index (χ0) is 19.4. The predicted molar refractivity (Wildman–Crippen MR) is 136 cm³/mol. The second kappa shape index (κ2) is 9.77. The van der Waals surface area contributed by atoms with Crippen molar-refractivity contribution in [2.24, 2.45) is 4.99 Å². The van der Waals surface area contributed by atoms with E-state index in [1.807, 2.05) is 63.1 Å². The Balaban J connectivity index is 0.00000151. The van der Waals surface area contributed by atoms with Crippen LogP contribution in [-0.4, -0.2) is 21.5 Å². The monoisotopic (exact) mass is 485 g/mol. The van der Waals surface area contributed by atoms with Gasteiger partial charge in [-0.25, -0.2) is 4.99 Å². The first-order valence-corrected chi connectivity index (χ1v) is 15.9. The lowest BCUT2D eigenvalue weighted by Crippen LogP contribution is -2.43. The van der Waals surface area contributed by atoms with Crippen LogP contribution in [0.5, 0.6) is 0 Å². The zero-order valence-electron chi connectivity index (χ0n) is 14.4. The standard InChI is InChI=1S/C13H15N2S8.C2H6/c1-9-11(13(2,22(16)17)23(18,19)20)21-12(14-9)15(3)10-7-5-4-6-8-10;1-2/h4-8,11H,1H2,2-3H3,(H,18,19,20);1-2H3/q-1;/t11-,13?;/m1./s1. The molecule has 0 saturated carbocycles. The fraction of sp³-hybridized carbons (Fsp3) is 0.400. The molecule has 10 heteroatoms. The molecule has 2 rings (SSSR count). The Morgan fingerprint density at radius 2 is 1.80 bits per heavy atom. The smallest absolute Gasteiger partial charge is 0.168 e. The van der Waals surface area contributed by atoms with Gasteiger partial charge in [0.1, 0.15) is 0 Å². The van der Waals surface area contributed by atoms with E-state index < -0.39 is 18.3 Å². The predicted octanol–water partition coefficient (Wildman–Crippen LogP) is 4.32. The molecule has 0 radical (unpaired) electrons. The minimum absolute atomic E-state index is 0.135. The highest BCUT2D eigenvalue weighted by Crippen LogP contribution is 2.44. The van der Waals surface area contributed by atoms with E-state index >= 15 is 0 Å². The topological polar surface area (TPSA) is 15.6 Å². The third kappa shape index (κ3) is 5.16. The van der Waals surface area contributed by atoms with Gasteiger partial charge in [0.2, 0.25) is 0 Å². The lowest BCUT2D eigenvalue weighted by atomic mass is 10.2. The van der Waals surface area contributed by atoms with Crippen molar-refractivity contribution in [3.63, 3.8) is 0 Å². The highest BCUT2D eigenvalue weighted by molar-refractivity contribution is 8.95. The maximum Gasteiger partial charge on any atom is 0.168 e. The summed E-state index contributed by atoms with van der Waals surface area (Å²) in [7, 11) is 1.14. The zero-order valence-corrected chi connectivity index (χ0v) is 21.0. The SMILES string of the molecule is C=C1N=C(N(C)c2ccccc2)S[C@H]1C(C)([S-](=S)=S)S(=S)(=S)S.CC. The largest absolute Gasteiger partial charge is 0.329 e. The fourth-order valence-corrected chi connectivity index (χ4v) is 14.1. The van der Waals surface area contributed by atoms with Crippen LogP contribution in [0.3, 0.4) is 0 Å². The molecule has 1 aliphatic heterocycles. The quantitative estimate of drug-likeness (QED) is 0.385. The Bertz CT molecular complexity index is 818. The van der Waals surface area contributed by atoms with Crippen molar-refractivity contribution in [1.29, 1.82) is 0 Å². The first-order chi connectivity index (χ1) is 11.6. The Kier molecular flexibility index (Phi) is 9.28. The van der Waals surface area contributed by atoms with Crippen LogP contribution < -0.4 is 4.90 Å². The van der Waals surface area contributed by atoms with Crippen LogP contribution in [0.15, 0.2) is 47.6 Å². The molecule has 1 aliphatic rings. The van der Waals surface area contributed by atoms with Gasteiger partial charge in [-0.2, -0.15) is 0 Å². The number of thiol groups is 1. The number of anilines is 1. The number of benzene rings is 1. The van der Waals surface area contributed by atoms with Gasteiger partial charge in [-0.15, -0.1) is 11.7 Å². The van der Waals surface area contributed by atoms with Gasteiger partial charge in [0, 0.05) is 18.4 Å². The second-order valence-electron chi connectivity index (χ2n) is 5.00. The van der Waals surface area contributed by atoms with Crippen molar-refractivity contribution in [3.05, 3.63) is 42.6 Å². The number of hydrogen-bond acceptors (Lipinski definition) is 8. The summed E-state index contributed by atoms with van der Waals surface area (Å²) in [6, 6.07) is 10.0. The van der Waals surface area contributed by atoms with E-state index in [0.29, 0.717) is 5.70 Å². The maximum absolute atomic E-state index is 5.50. The summed E-state index contributed by atoms with van der Waals surface area (Å²) < 4.78 is -0.643. The second-order valence-corrected chi connectivity index (χ2v) is 18.8. The van der Waals surface area contributed by atoms with E-state index in [4.69, 9.17) is 44.8 Å². The first-order valence-electron chi connectivity index (χ1n) is 7.38. The van der Waals surface area contributed by atoms with Gasteiger partial charge in [-0.1, -0.05) is 63.5 Å². The molecule has 0 saturated heterocycles. The molecule has 1 aromatic rings. The highest BCUT2D eigenvalue weighted by Gasteiger charge is 2.40. The van der Waals surface area contributed by atoms with Crippen LogP contribution in [0.1, 0.15) is 20.8 Å². The average Bonchev–Trinajstić information content (AvgIpc) is 2.97. The Hall–Kier alpha value is 0.710. The molecule has 0 fully saturated rings. The van der Waals surface area contributed by atoms with Crippen molar-refractivity contribution >= 4 is 93.2 Å². The Morgan fingerprint density at radius 3 is 2.24 bits per heavy atom. The molecule has 1 aromatic carbocycles. The van der Waals surface area contributed by atoms with Gasteiger partial charge < -0.3 is 12.9 Å². The van der Waals surface area contributed by atoms with E-state index in [9.17, 15) is 0 Å². The van der Waals surface area contributed by atoms with E-state index in [-0.39, 0.29) is 5.25 Å². The van der Waals surface area contributed by atoms with Gasteiger partial charge in [-0.05, 0) is 38.6 Å². The van der Waals surface area contributed by atoms with Crippen molar-refractivity contribution < 1.29 is 0 Å². The summed E-state index contributed by atoms with van der Waals surface area (Å²) in [5.41, 5.74) is 1.76.